The van der Waals surface area contributed by atoms with Crippen LogP contribution < -0.4 is 5.32 Å². The van der Waals surface area contributed by atoms with E-state index in [0.717, 1.165) is 32.2 Å². The highest BCUT2D eigenvalue weighted by Gasteiger charge is 2.35. The van der Waals surface area contributed by atoms with Crippen LogP contribution in [0.4, 0.5) is 4.39 Å². The van der Waals surface area contributed by atoms with Crippen LogP contribution in [-0.2, 0) is 0 Å². The summed E-state index contributed by atoms with van der Waals surface area (Å²) in [5.41, 5.74) is 0.487. The van der Waals surface area contributed by atoms with Gasteiger partial charge < -0.3 is 5.32 Å². The second kappa shape index (κ2) is 4.61. The Morgan fingerprint density at radius 3 is 2.38 bits per heavy atom. The molecule has 0 unspecified atom stereocenters. The van der Waals surface area contributed by atoms with Gasteiger partial charge in [0.05, 0.1) is 0 Å². The SMILES string of the molecule is Cl.FC1CCC2(CCCNC2)CC1. The van der Waals surface area contributed by atoms with Gasteiger partial charge in [0, 0.05) is 6.54 Å². The van der Waals surface area contributed by atoms with Crippen LogP contribution in [0.5, 0.6) is 0 Å². The first-order valence-corrected chi connectivity index (χ1v) is 5.16. The van der Waals surface area contributed by atoms with Crippen molar-refractivity contribution in [1.82, 2.24) is 5.32 Å². The van der Waals surface area contributed by atoms with E-state index in [2.05, 4.69) is 5.32 Å². The minimum Gasteiger partial charge on any atom is -0.316 e. The average molecular weight is 208 g/mol. The fraction of sp³-hybridized carbons (Fsp3) is 1.00. The molecule has 2 aliphatic rings. The Hall–Kier alpha value is 0.180. The number of rotatable bonds is 0. The molecule has 2 fully saturated rings. The molecule has 13 heavy (non-hydrogen) atoms. The second-order valence-electron chi connectivity index (χ2n) is 4.45. The Morgan fingerprint density at radius 2 is 1.85 bits per heavy atom. The largest absolute Gasteiger partial charge is 0.316 e. The first kappa shape index (κ1) is 11.3. The van der Waals surface area contributed by atoms with Gasteiger partial charge in [0.2, 0.25) is 0 Å². The van der Waals surface area contributed by atoms with E-state index in [1.165, 1.54) is 19.4 Å². The summed E-state index contributed by atoms with van der Waals surface area (Å²) in [6.45, 7) is 2.31. The third-order valence-corrected chi connectivity index (χ3v) is 3.54. The quantitative estimate of drug-likeness (QED) is 0.644. The van der Waals surface area contributed by atoms with Crippen LogP contribution in [0.15, 0.2) is 0 Å². The van der Waals surface area contributed by atoms with Crippen LogP contribution in [0.1, 0.15) is 38.5 Å². The summed E-state index contributed by atoms with van der Waals surface area (Å²) in [5, 5.41) is 3.44. The molecule has 0 aromatic rings. The molecule has 1 saturated carbocycles. The molecule has 3 heteroatoms. The van der Waals surface area contributed by atoms with Crippen LogP contribution in [0, 0.1) is 5.41 Å². The molecule has 1 N–H and O–H groups in total. The Balaban J connectivity index is 0.000000845. The zero-order valence-corrected chi connectivity index (χ0v) is 8.84. The first-order chi connectivity index (χ1) is 5.81. The lowest BCUT2D eigenvalue weighted by Gasteiger charge is -2.41. The zero-order valence-electron chi connectivity index (χ0n) is 8.02. The van der Waals surface area contributed by atoms with E-state index in [-0.39, 0.29) is 12.4 Å². The highest BCUT2D eigenvalue weighted by atomic mass is 35.5. The van der Waals surface area contributed by atoms with Gasteiger partial charge in [0.15, 0.2) is 0 Å². The van der Waals surface area contributed by atoms with Crippen molar-refractivity contribution in [2.45, 2.75) is 44.7 Å². The van der Waals surface area contributed by atoms with E-state index < -0.39 is 6.17 Å². The van der Waals surface area contributed by atoms with Gasteiger partial charge in [0.25, 0.3) is 0 Å². The molecule has 0 amide bonds. The predicted molar refractivity (Wildman–Crippen MR) is 55.1 cm³/mol. The van der Waals surface area contributed by atoms with E-state index in [4.69, 9.17) is 0 Å². The summed E-state index contributed by atoms with van der Waals surface area (Å²) in [6.07, 6.45) is 5.95. The van der Waals surface area contributed by atoms with Gasteiger partial charge in [0.1, 0.15) is 6.17 Å². The van der Waals surface area contributed by atoms with Crippen molar-refractivity contribution >= 4 is 12.4 Å². The molecule has 1 aliphatic carbocycles. The molecule has 1 heterocycles. The monoisotopic (exact) mass is 207 g/mol. The fourth-order valence-corrected chi connectivity index (χ4v) is 2.65. The van der Waals surface area contributed by atoms with Crippen molar-refractivity contribution in [3.63, 3.8) is 0 Å². The molecule has 1 nitrogen and oxygen atoms in total. The molecular formula is C10H19ClFN. The molecule has 1 aliphatic heterocycles. The Morgan fingerprint density at radius 1 is 1.15 bits per heavy atom. The number of alkyl halides is 1. The molecule has 2 rings (SSSR count). The molecule has 1 saturated heterocycles. The lowest BCUT2D eigenvalue weighted by molar-refractivity contribution is 0.0929. The minimum atomic E-state index is -0.502. The molecule has 0 radical (unpaired) electrons. The molecular weight excluding hydrogens is 189 g/mol. The van der Waals surface area contributed by atoms with Crippen molar-refractivity contribution in [3.05, 3.63) is 0 Å². The third-order valence-electron chi connectivity index (χ3n) is 3.54. The van der Waals surface area contributed by atoms with Gasteiger partial charge >= 0.3 is 0 Å². The van der Waals surface area contributed by atoms with Gasteiger partial charge in [-0.15, -0.1) is 12.4 Å². The van der Waals surface area contributed by atoms with E-state index in [1.54, 1.807) is 0 Å². The van der Waals surface area contributed by atoms with Gasteiger partial charge in [-0.1, -0.05) is 0 Å². The maximum atomic E-state index is 12.9. The Labute approximate surface area is 85.9 Å². The summed E-state index contributed by atoms with van der Waals surface area (Å²) >= 11 is 0. The standard InChI is InChI=1S/C10H18FN.ClH/c11-9-2-5-10(6-3-9)4-1-7-12-8-10;/h9,12H,1-8H2;1H. The van der Waals surface area contributed by atoms with Crippen LogP contribution in [0.2, 0.25) is 0 Å². The zero-order chi connectivity index (χ0) is 8.44. The van der Waals surface area contributed by atoms with Crippen LogP contribution in [-0.4, -0.2) is 19.3 Å². The van der Waals surface area contributed by atoms with Crippen LogP contribution in [0.25, 0.3) is 0 Å². The van der Waals surface area contributed by atoms with Gasteiger partial charge in [-0.2, -0.15) is 0 Å². The Bertz CT molecular complexity index is 147. The summed E-state index contributed by atoms with van der Waals surface area (Å²) in [7, 11) is 0. The van der Waals surface area contributed by atoms with Crippen molar-refractivity contribution < 1.29 is 4.39 Å². The van der Waals surface area contributed by atoms with Gasteiger partial charge in [-0.05, 0) is 50.5 Å². The highest BCUT2D eigenvalue weighted by Crippen LogP contribution is 2.41. The topological polar surface area (TPSA) is 12.0 Å². The number of halogens is 2. The number of hydrogen-bond acceptors (Lipinski definition) is 1. The number of hydrogen-bond donors (Lipinski definition) is 1. The first-order valence-electron chi connectivity index (χ1n) is 5.16. The summed E-state index contributed by atoms with van der Waals surface area (Å²) in [4.78, 5) is 0. The normalized spacial score (nSPS) is 39.9. The van der Waals surface area contributed by atoms with Gasteiger partial charge in [-0.3, -0.25) is 0 Å². The van der Waals surface area contributed by atoms with Gasteiger partial charge in [-0.25, -0.2) is 4.39 Å². The summed E-state index contributed by atoms with van der Waals surface area (Å²) < 4.78 is 12.9. The summed E-state index contributed by atoms with van der Waals surface area (Å²) in [6, 6.07) is 0. The minimum absolute atomic E-state index is 0. The average Bonchev–Trinajstić information content (AvgIpc) is 2.13. The summed E-state index contributed by atoms with van der Waals surface area (Å²) in [5.74, 6) is 0. The van der Waals surface area contributed by atoms with E-state index in [0.29, 0.717) is 5.41 Å². The van der Waals surface area contributed by atoms with Crippen LogP contribution in [0.3, 0.4) is 0 Å². The van der Waals surface area contributed by atoms with Crippen molar-refractivity contribution in [3.8, 4) is 0 Å². The van der Waals surface area contributed by atoms with E-state index in [9.17, 15) is 4.39 Å². The van der Waals surface area contributed by atoms with E-state index in [1.807, 2.05) is 0 Å². The highest BCUT2D eigenvalue weighted by molar-refractivity contribution is 5.85. The lowest BCUT2D eigenvalue weighted by Crippen LogP contribution is -2.42. The van der Waals surface area contributed by atoms with Crippen molar-refractivity contribution in [2.24, 2.45) is 5.41 Å². The number of piperidine rings is 1. The molecule has 1 spiro atoms. The molecule has 0 aromatic heterocycles. The van der Waals surface area contributed by atoms with Crippen molar-refractivity contribution in [1.29, 1.82) is 0 Å². The Kier molecular flexibility index (Phi) is 3.99. The maximum absolute atomic E-state index is 12.9. The van der Waals surface area contributed by atoms with Crippen molar-refractivity contribution in [2.75, 3.05) is 13.1 Å². The third kappa shape index (κ3) is 2.57. The molecule has 0 atom stereocenters. The lowest BCUT2D eigenvalue weighted by atomic mass is 9.69. The molecule has 0 bridgehead atoms. The predicted octanol–water partition coefficient (Wildman–Crippen LogP) is 2.69. The second-order valence-corrected chi connectivity index (χ2v) is 4.45. The molecule has 0 aromatic carbocycles. The van der Waals surface area contributed by atoms with Crippen LogP contribution >= 0.6 is 12.4 Å². The maximum Gasteiger partial charge on any atom is 0.100 e. The fourth-order valence-electron chi connectivity index (χ4n) is 2.65. The smallest absolute Gasteiger partial charge is 0.100 e. The number of nitrogens with one attached hydrogen (secondary N) is 1. The molecule has 78 valence electrons. The van der Waals surface area contributed by atoms with E-state index >= 15 is 0 Å².